The summed E-state index contributed by atoms with van der Waals surface area (Å²) in [5.41, 5.74) is 3.86. The van der Waals surface area contributed by atoms with Crippen molar-refractivity contribution >= 4 is 23.6 Å². The maximum Gasteiger partial charge on any atom is 0.331 e. The van der Waals surface area contributed by atoms with Gasteiger partial charge in [0.05, 0.1) is 0 Å². The molecule has 1 amide bonds. The minimum absolute atomic E-state index is 0.331. The maximum atomic E-state index is 12.4. The Balaban J connectivity index is 2.00. The first kappa shape index (κ1) is 19.4. The second-order valence-electron chi connectivity index (χ2n) is 5.97. The zero-order valence-electron chi connectivity index (χ0n) is 15.5. The standard InChI is InChI=1S/C22H25NO3/c1-4-18-12-9-13-19(5-2)21(18)23-22(25)16(3)26-20(24)15-14-17-10-7-6-8-11-17/h6-16H,4-5H2,1-3H3,(H,23,25)/b15-14+. The number of para-hydroxylation sites is 1. The second-order valence-corrected chi connectivity index (χ2v) is 5.97. The molecule has 0 heterocycles. The van der Waals surface area contributed by atoms with Gasteiger partial charge in [0.1, 0.15) is 0 Å². The minimum atomic E-state index is -0.877. The zero-order chi connectivity index (χ0) is 18.9. The van der Waals surface area contributed by atoms with Crippen LogP contribution in [0.1, 0.15) is 37.5 Å². The Bertz CT molecular complexity index is 759. The molecule has 1 N–H and O–H groups in total. The molecule has 0 saturated carbocycles. The van der Waals surface area contributed by atoms with E-state index in [-0.39, 0.29) is 5.91 Å². The van der Waals surface area contributed by atoms with Crippen molar-refractivity contribution < 1.29 is 14.3 Å². The van der Waals surface area contributed by atoms with Gasteiger partial charge >= 0.3 is 5.97 Å². The van der Waals surface area contributed by atoms with Crippen molar-refractivity contribution in [3.8, 4) is 0 Å². The molecule has 4 heteroatoms. The number of anilines is 1. The number of rotatable bonds is 7. The van der Waals surface area contributed by atoms with Crippen LogP contribution in [0.2, 0.25) is 0 Å². The summed E-state index contributed by atoms with van der Waals surface area (Å²) in [5.74, 6) is -0.877. The summed E-state index contributed by atoms with van der Waals surface area (Å²) in [6, 6.07) is 15.4. The maximum absolute atomic E-state index is 12.4. The Morgan fingerprint density at radius 2 is 1.62 bits per heavy atom. The van der Waals surface area contributed by atoms with Crippen molar-refractivity contribution in [2.75, 3.05) is 5.32 Å². The third kappa shape index (κ3) is 5.31. The fraction of sp³-hybridized carbons (Fsp3) is 0.273. The molecule has 0 spiro atoms. The molecule has 2 aromatic rings. The number of benzene rings is 2. The van der Waals surface area contributed by atoms with Crippen LogP contribution in [0.3, 0.4) is 0 Å². The minimum Gasteiger partial charge on any atom is -0.449 e. The fourth-order valence-electron chi connectivity index (χ4n) is 2.62. The van der Waals surface area contributed by atoms with E-state index in [4.69, 9.17) is 4.74 Å². The van der Waals surface area contributed by atoms with Crippen LogP contribution in [0.25, 0.3) is 6.08 Å². The molecule has 4 nitrogen and oxygen atoms in total. The van der Waals surface area contributed by atoms with E-state index in [0.29, 0.717) is 0 Å². The van der Waals surface area contributed by atoms with E-state index in [1.807, 2.05) is 62.4 Å². The number of nitrogens with one attached hydrogen (secondary N) is 1. The van der Waals surface area contributed by atoms with Crippen molar-refractivity contribution in [3.05, 3.63) is 71.3 Å². The monoisotopic (exact) mass is 351 g/mol. The lowest BCUT2D eigenvalue weighted by atomic mass is 10.0. The van der Waals surface area contributed by atoms with Crippen molar-refractivity contribution in [2.45, 2.75) is 39.7 Å². The van der Waals surface area contributed by atoms with E-state index in [9.17, 15) is 9.59 Å². The predicted molar refractivity (Wildman–Crippen MR) is 105 cm³/mol. The molecule has 0 aromatic heterocycles. The van der Waals surface area contributed by atoms with Crippen LogP contribution in [-0.4, -0.2) is 18.0 Å². The van der Waals surface area contributed by atoms with Crippen molar-refractivity contribution in [1.82, 2.24) is 0 Å². The summed E-state index contributed by atoms with van der Waals surface area (Å²) in [5, 5.41) is 2.92. The average Bonchev–Trinajstić information content (AvgIpc) is 2.67. The number of esters is 1. The highest BCUT2D eigenvalue weighted by atomic mass is 16.5. The third-order valence-electron chi connectivity index (χ3n) is 4.12. The molecular formula is C22H25NO3. The third-order valence-corrected chi connectivity index (χ3v) is 4.12. The van der Waals surface area contributed by atoms with Crippen LogP contribution >= 0.6 is 0 Å². The van der Waals surface area contributed by atoms with Crippen LogP contribution in [0.4, 0.5) is 5.69 Å². The lowest BCUT2D eigenvalue weighted by molar-refractivity contribution is -0.148. The normalized spacial score (nSPS) is 12.0. The number of hydrogen-bond donors (Lipinski definition) is 1. The number of carbonyl (C=O) groups excluding carboxylic acids is 2. The predicted octanol–water partition coefficient (Wildman–Crippen LogP) is 4.40. The number of ether oxygens (including phenoxy) is 1. The van der Waals surface area contributed by atoms with Gasteiger partial charge in [-0.1, -0.05) is 62.4 Å². The van der Waals surface area contributed by atoms with Gasteiger partial charge in [0.25, 0.3) is 5.91 Å². The van der Waals surface area contributed by atoms with Crippen LogP contribution in [0.5, 0.6) is 0 Å². The smallest absolute Gasteiger partial charge is 0.331 e. The van der Waals surface area contributed by atoms with Crippen LogP contribution in [-0.2, 0) is 27.2 Å². The van der Waals surface area contributed by atoms with E-state index < -0.39 is 12.1 Å². The van der Waals surface area contributed by atoms with Gasteiger partial charge in [0.15, 0.2) is 6.10 Å². The molecule has 136 valence electrons. The highest BCUT2D eigenvalue weighted by Gasteiger charge is 2.19. The second kappa shape index (κ2) is 9.56. The Labute approximate surface area is 154 Å². The highest BCUT2D eigenvalue weighted by Crippen LogP contribution is 2.23. The number of carbonyl (C=O) groups is 2. The van der Waals surface area contributed by atoms with Gasteiger partial charge in [-0.25, -0.2) is 4.79 Å². The molecule has 0 aliphatic rings. The Morgan fingerprint density at radius 1 is 1.00 bits per heavy atom. The van der Waals surface area contributed by atoms with E-state index in [1.165, 1.54) is 6.08 Å². The molecule has 2 rings (SSSR count). The van der Waals surface area contributed by atoms with Gasteiger partial charge in [0, 0.05) is 11.8 Å². The van der Waals surface area contributed by atoms with Crippen LogP contribution in [0.15, 0.2) is 54.6 Å². The summed E-state index contributed by atoms with van der Waals surface area (Å²) in [6.45, 7) is 5.66. The molecule has 0 aliphatic carbocycles. The van der Waals surface area contributed by atoms with Gasteiger partial charge in [-0.2, -0.15) is 0 Å². The molecule has 0 fully saturated rings. The molecule has 0 aliphatic heterocycles. The van der Waals surface area contributed by atoms with E-state index in [0.717, 1.165) is 35.2 Å². The van der Waals surface area contributed by atoms with E-state index >= 15 is 0 Å². The van der Waals surface area contributed by atoms with Gasteiger partial charge in [-0.3, -0.25) is 4.79 Å². The summed E-state index contributed by atoms with van der Waals surface area (Å²) in [6.07, 6.45) is 3.75. The molecule has 26 heavy (non-hydrogen) atoms. The Hall–Kier alpha value is -2.88. The Morgan fingerprint density at radius 3 is 2.19 bits per heavy atom. The first-order valence-electron chi connectivity index (χ1n) is 8.90. The average molecular weight is 351 g/mol. The first-order chi connectivity index (χ1) is 12.5. The number of hydrogen-bond acceptors (Lipinski definition) is 3. The quantitative estimate of drug-likeness (QED) is 0.594. The lowest BCUT2D eigenvalue weighted by Crippen LogP contribution is -2.30. The summed E-state index contributed by atoms with van der Waals surface area (Å²) < 4.78 is 5.22. The van der Waals surface area contributed by atoms with Crippen LogP contribution in [0, 0.1) is 0 Å². The Kier molecular flexibility index (Phi) is 7.15. The van der Waals surface area contributed by atoms with Gasteiger partial charge in [-0.05, 0) is 42.5 Å². The van der Waals surface area contributed by atoms with Crippen molar-refractivity contribution in [2.24, 2.45) is 0 Å². The summed E-state index contributed by atoms with van der Waals surface area (Å²) >= 11 is 0. The summed E-state index contributed by atoms with van der Waals surface area (Å²) in [7, 11) is 0. The SMILES string of the molecule is CCc1cccc(CC)c1NC(=O)C(C)OC(=O)/C=C/c1ccccc1. The molecular weight excluding hydrogens is 326 g/mol. The van der Waals surface area contributed by atoms with Crippen molar-refractivity contribution in [3.63, 3.8) is 0 Å². The summed E-state index contributed by atoms with van der Waals surface area (Å²) in [4.78, 5) is 24.4. The van der Waals surface area contributed by atoms with E-state index in [1.54, 1.807) is 13.0 Å². The molecule has 2 aromatic carbocycles. The van der Waals surface area contributed by atoms with Gasteiger partial charge in [0.2, 0.25) is 0 Å². The van der Waals surface area contributed by atoms with Crippen molar-refractivity contribution in [1.29, 1.82) is 0 Å². The number of aryl methyl sites for hydroxylation is 2. The topological polar surface area (TPSA) is 55.4 Å². The van der Waals surface area contributed by atoms with Crippen LogP contribution < -0.4 is 5.32 Å². The molecule has 1 unspecified atom stereocenters. The molecule has 1 atom stereocenters. The highest BCUT2D eigenvalue weighted by molar-refractivity contribution is 5.97. The van der Waals surface area contributed by atoms with Gasteiger partial charge in [-0.15, -0.1) is 0 Å². The first-order valence-corrected chi connectivity index (χ1v) is 8.90. The lowest BCUT2D eigenvalue weighted by Gasteiger charge is -2.17. The number of amides is 1. The zero-order valence-corrected chi connectivity index (χ0v) is 15.5. The van der Waals surface area contributed by atoms with Gasteiger partial charge < -0.3 is 10.1 Å². The molecule has 0 radical (unpaired) electrons. The molecule has 0 bridgehead atoms. The largest absolute Gasteiger partial charge is 0.449 e. The van der Waals surface area contributed by atoms with E-state index in [2.05, 4.69) is 5.32 Å². The molecule has 0 saturated heterocycles. The fourth-order valence-corrected chi connectivity index (χ4v) is 2.62.